The van der Waals surface area contributed by atoms with Crippen LogP contribution < -0.4 is 0 Å². The molecule has 1 unspecified atom stereocenters. The Morgan fingerprint density at radius 3 is 2.38 bits per heavy atom. The average molecular weight is 283 g/mol. The van der Waals surface area contributed by atoms with Crippen molar-refractivity contribution in [2.75, 3.05) is 6.61 Å². The van der Waals surface area contributed by atoms with E-state index < -0.39 is 4.92 Å². The molecular formula is C17H17NO3. The van der Waals surface area contributed by atoms with Crippen molar-refractivity contribution >= 4 is 5.69 Å². The Hall–Kier alpha value is -2.46. The normalized spacial score (nSPS) is 11.8. The van der Waals surface area contributed by atoms with E-state index in [1.807, 2.05) is 30.3 Å². The van der Waals surface area contributed by atoms with Crippen LogP contribution in [0.25, 0.3) is 0 Å². The number of benzene rings is 2. The number of ether oxygens (including phenoxy) is 1. The fraction of sp³-hybridized carbons (Fsp3) is 0.176. The van der Waals surface area contributed by atoms with Gasteiger partial charge in [-0.25, -0.2) is 0 Å². The maximum atomic E-state index is 10.6. The van der Waals surface area contributed by atoms with Gasteiger partial charge in [0.05, 0.1) is 18.1 Å². The molecular weight excluding hydrogens is 266 g/mol. The van der Waals surface area contributed by atoms with Crippen LogP contribution in [0, 0.1) is 10.1 Å². The summed E-state index contributed by atoms with van der Waals surface area (Å²) >= 11 is 0. The van der Waals surface area contributed by atoms with Crippen molar-refractivity contribution in [1.29, 1.82) is 0 Å². The van der Waals surface area contributed by atoms with Crippen molar-refractivity contribution in [3.63, 3.8) is 0 Å². The molecule has 2 rings (SSSR count). The van der Waals surface area contributed by atoms with E-state index in [0.717, 1.165) is 11.1 Å². The predicted molar refractivity (Wildman–Crippen MR) is 82.1 cm³/mol. The minimum atomic E-state index is -0.404. The zero-order valence-electron chi connectivity index (χ0n) is 11.6. The van der Waals surface area contributed by atoms with E-state index in [1.165, 1.54) is 12.1 Å². The summed E-state index contributed by atoms with van der Waals surface area (Å²) in [7, 11) is 0. The predicted octanol–water partition coefficient (Wildman–Crippen LogP) is 4.08. The number of nitrogens with zero attached hydrogens (tertiary/aromatic N) is 1. The highest BCUT2D eigenvalue weighted by Crippen LogP contribution is 2.21. The molecule has 1 atom stereocenters. The molecule has 4 nitrogen and oxygen atoms in total. The van der Waals surface area contributed by atoms with Crippen molar-refractivity contribution in [1.82, 2.24) is 0 Å². The number of rotatable bonds is 7. The Labute approximate surface area is 123 Å². The first-order valence-electron chi connectivity index (χ1n) is 6.69. The average Bonchev–Trinajstić information content (AvgIpc) is 2.53. The number of nitro groups is 1. The second-order valence-electron chi connectivity index (χ2n) is 4.69. The molecule has 2 aromatic rings. The van der Waals surface area contributed by atoms with Gasteiger partial charge in [0.1, 0.15) is 0 Å². The SMILES string of the molecule is C=CC(COCc1ccccc1)c1ccc([N+](=O)[O-])cc1. The summed E-state index contributed by atoms with van der Waals surface area (Å²) in [5.41, 5.74) is 2.17. The summed E-state index contributed by atoms with van der Waals surface area (Å²) < 4.78 is 5.70. The van der Waals surface area contributed by atoms with Gasteiger partial charge in [0.25, 0.3) is 5.69 Å². The highest BCUT2D eigenvalue weighted by molar-refractivity contribution is 5.35. The Kier molecular flexibility index (Phi) is 5.23. The molecule has 0 aromatic heterocycles. The van der Waals surface area contributed by atoms with Crippen LogP contribution in [-0.4, -0.2) is 11.5 Å². The van der Waals surface area contributed by atoms with E-state index in [9.17, 15) is 10.1 Å². The van der Waals surface area contributed by atoms with Gasteiger partial charge in [0.2, 0.25) is 0 Å². The van der Waals surface area contributed by atoms with Gasteiger partial charge < -0.3 is 4.74 Å². The summed E-state index contributed by atoms with van der Waals surface area (Å²) in [6.45, 7) is 4.84. The van der Waals surface area contributed by atoms with E-state index in [-0.39, 0.29) is 11.6 Å². The van der Waals surface area contributed by atoms with Crippen LogP contribution in [-0.2, 0) is 11.3 Å². The lowest BCUT2D eigenvalue weighted by atomic mass is 10.00. The zero-order chi connectivity index (χ0) is 15.1. The number of hydrogen-bond acceptors (Lipinski definition) is 3. The van der Waals surface area contributed by atoms with Gasteiger partial charge in [-0.3, -0.25) is 10.1 Å². The van der Waals surface area contributed by atoms with Crippen LogP contribution in [0.3, 0.4) is 0 Å². The molecule has 21 heavy (non-hydrogen) atoms. The van der Waals surface area contributed by atoms with Crippen LogP contribution in [0.2, 0.25) is 0 Å². The van der Waals surface area contributed by atoms with Gasteiger partial charge in [-0.2, -0.15) is 0 Å². The Balaban J connectivity index is 1.93. The van der Waals surface area contributed by atoms with E-state index in [2.05, 4.69) is 6.58 Å². The first-order chi connectivity index (χ1) is 10.2. The monoisotopic (exact) mass is 283 g/mol. The van der Waals surface area contributed by atoms with Crippen molar-refractivity contribution in [2.45, 2.75) is 12.5 Å². The molecule has 0 N–H and O–H groups in total. The van der Waals surface area contributed by atoms with Crippen LogP contribution in [0.4, 0.5) is 5.69 Å². The van der Waals surface area contributed by atoms with Crippen LogP contribution in [0.5, 0.6) is 0 Å². The molecule has 0 amide bonds. The molecule has 0 saturated carbocycles. The minimum absolute atomic E-state index is 0.0227. The lowest BCUT2D eigenvalue weighted by molar-refractivity contribution is -0.384. The molecule has 4 heteroatoms. The molecule has 0 bridgehead atoms. The first kappa shape index (κ1) is 14.9. The van der Waals surface area contributed by atoms with Crippen molar-refractivity contribution in [2.24, 2.45) is 0 Å². The standard InChI is InChI=1S/C17H17NO3/c1-2-15(13-21-12-14-6-4-3-5-7-14)16-8-10-17(11-9-16)18(19)20/h2-11,15H,1,12-13H2. The van der Waals surface area contributed by atoms with Gasteiger partial charge in [-0.05, 0) is 11.1 Å². The van der Waals surface area contributed by atoms with E-state index in [4.69, 9.17) is 4.74 Å². The number of non-ortho nitro benzene ring substituents is 1. The maximum absolute atomic E-state index is 10.6. The fourth-order valence-electron chi connectivity index (χ4n) is 2.02. The van der Waals surface area contributed by atoms with E-state index in [1.54, 1.807) is 18.2 Å². The van der Waals surface area contributed by atoms with Crippen molar-refractivity contribution in [3.05, 3.63) is 88.5 Å². The summed E-state index contributed by atoms with van der Waals surface area (Å²) in [4.78, 5) is 10.2. The van der Waals surface area contributed by atoms with Gasteiger partial charge >= 0.3 is 0 Å². The van der Waals surface area contributed by atoms with Crippen molar-refractivity contribution < 1.29 is 9.66 Å². The quantitative estimate of drug-likeness (QED) is 0.437. The highest BCUT2D eigenvalue weighted by atomic mass is 16.6. The highest BCUT2D eigenvalue weighted by Gasteiger charge is 2.10. The topological polar surface area (TPSA) is 52.4 Å². The van der Waals surface area contributed by atoms with Crippen molar-refractivity contribution in [3.8, 4) is 0 Å². The third kappa shape index (κ3) is 4.26. The molecule has 0 aliphatic carbocycles. The Morgan fingerprint density at radius 2 is 1.81 bits per heavy atom. The molecule has 0 radical (unpaired) electrons. The molecule has 0 fully saturated rings. The number of hydrogen-bond donors (Lipinski definition) is 0. The Morgan fingerprint density at radius 1 is 1.14 bits per heavy atom. The molecule has 0 aliphatic rings. The summed E-state index contributed by atoms with van der Waals surface area (Å²) in [6.07, 6.45) is 1.80. The fourth-order valence-corrected chi connectivity index (χ4v) is 2.02. The largest absolute Gasteiger partial charge is 0.376 e. The molecule has 0 heterocycles. The summed E-state index contributed by atoms with van der Waals surface area (Å²) in [5, 5.41) is 10.6. The second-order valence-corrected chi connectivity index (χ2v) is 4.69. The molecule has 108 valence electrons. The van der Waals surface area contributed by atoms with Crippen LogP contribution in [0.1, 0.15) is 17.0 Å². The molecule has 0 spiro atoms. The van der Waals surface area contributed by atoms with Crippen LogP contribution in [0.15, 0.2) is 67.3 Å². The van der Waals surface area contributed by atoms with Gasteiger partial charge in [0, 0.05) is 18.1 Å². The molecule has 0 aliphatic heterocycles. The summed E-state index contributed by atoms with van der Waals surface area (Å²) in [6, 6.07) is 16.4. The molecule has 2 aromatic carbocycles. The van der Waals surface area contributed by atoms with E-state index in [0.29, 0.717) is 13.2 Å². The van der Waals surface area contributed by atoms with Crippen LogP contribution >= 0.6 is 0 Å². The summed E-state index contributed by atoms with van der Waals surface area (Å²) in [5.74, 6) is 0.0227. The Bertz CT molecular complexity index is 593. The molecule has 0 saturated heterocycles. The maximum Gasteiger partial charge on any atom is 0.269 e. The lowest BCUT2D eigenvalue weighted by Gasteiger charge is -2.13. The van der Waals surface area contributed by atoms with E-state index >= 15 is 0 Å². The third-order valence-electron chi connectivity index (χ3n) is 3.23. The third-order valence-corrected chi connectivity index (χ3v) is 3.23. The number of nitro benzene ring substituents is 1. The van der Waals surface area contributed by atoms with Gasteiger partial charge in [0.15, 0.2) is 0 Å². The first-order valence-corrected chi connectivity index (χ1v) is 6.69. The zero-order valence-corrected chi connectivity index (χ0v) is 11.6. The lowest BCUT2D eigenvalue weighted by Crippen LogP contribution is -2.05. The van der Waals surface area contributed by atoms with Gasteiger partial charge in [-0.15, -0.1) is 6.58 Å². The second kappa shape index (κ2) is 7.36. The van der Waals surface area contributed by atoms with Gasteiger partial charge in [-0.1, -0.05) is 48.5 Å². The minimum Gasteiger partial charge on any atom is -0.376 e. The smallest absolute Gasteiger partial charge is 0.269 e.